The lowest BCUT2D eigenvalue weighted by atomic mass is 9.98. The van der Waals surface area contributed by atoms with Gasteiger partial charge in [0.05, 0.1) is 5.56 Å². The van der Waals surface area contributed by atoms with Crippen molar-refractivity contribution in [2.75, 3.05) is 0 Å². The number of alkyl halides is 3. The molecule has 1 aliphatic carbocycles. The van der Waals surface area contributed by atoms with E-state index in [2.05, 4.69) is 0 Å². The summed E-state index contributed by atoms with van der Waals surface area (Å²) in [6.07, 6.45) is -3.26. The van der Waals surface area contributed by atoms with Gasteiger partial charge in [0, 0.05) is 0 Å². The van der Waals surface area contributed by atoms with E-state index >= 15 is 0 Å². The minimum Gasteiger partial charge on any atom is -0.504 e. The first-order valence-corrected chi connectivity index (χ1v) is 8.18. The molecule has 0 atom stereocenters. The lowest BCUT2D eigenvalue weighted by molar-refractivity contribution is -0.137. The fourth-order valence-electron chi connectivity index (χ4n) is 3.38. The van der Waals surface area contributed by atoms with Crippen LogP contribution in [0.1, 0.15) is 22.3 Å². The minimum absolute atomic E-state index is 0.0936. The van der Waals surface area contributed by atoms with Crippen LogP contribution < -0.4 is 0 Å². The molecule has 28 heavy (non-hydrogen) atoms. The third kappa shape index (κ3) is 2.72. The number of halogens is 3. The first-order chi connectivity index (χ1) is 13.2. The Bertz CT molecular complexity index is 1090. The molecule has 0 saturated heterocycles. The van der Waals surface area contributed by atoms with E-state index in [1.807, 2.05) is 0 Å². The lowest BCUT2D eigenvalue weighted by Gasteiger charge is -2.11. The summed E-state index contributed by atoms with van der Waals surface area (Å²) in [5.41, 5.74) is 0.951. The number of hydrogen-bond donors (Lipinski definition) is 4. The summed E-state index contributed by atoms with van der Waals surface area (Å²) < 4.78 is 40.1. The smallest absolute Gasteiger partial charge is 0.416 e. The Labute approximate surface area is 157 Å². The molecule has 142 valence electrons. The molecule has 0 aromatic heterocycles. The topological polar surface area (TPSA) is 80.9 Å². The second kappa shape index (κ2) is 5.95. The second-order valence-corrected chi connectivity index (χ2v) is 6.42. The van der Waals surface area contributed by atoms with Crippen LogP contribution in [0.4, 0.5) is 13.2 Å². The van der Waals surface area contributed by atoms with Crippen LogP contribution in [-0.2, 0) is 6.18 Å². The molecule has 0 saturated carbocycles. The van der Waals surface area contributed by atoms with Gasteiger partial charge >= 0.3 is 6.18 Å². The van der Waals surface area contributed by atoms with Gasteiger partial charge in [-0.2, -0.15) is 13.2 Å². The fourth-order valence-corrected chi connectivity index (χ4v) is 3.38. The number of phenols is 4. The molecule has 4 rings (SSSR count). The van der Waals surface area contributed by atoms with Crippen LogP contribution in [-0.4, -0.2) is 20.4 Å². The zero-order chi connectivity index (χ0) is 20.2. The standard InChI is InChI=1S/C21H13F3O4/c22-21(23,24)16-4-2-1-3-10(16)5-11-12-6-17(25)19(27)8-14(12)15-9-20(28)18(26)7-13(11)15/h1-9,25-28H. The van der Waals surface area contributed by atoms with E-state index in [1.54, 1.807) is 0 Å². The largest absolute Gasteiger partial charge is 0.504 e. The van der Waals surface area contributed by atoms with Gasteiger partial charge in [-0.05, 0) is 69.8 Å². The van der Waals surface area contributed by atoms with Crippen molar-refractivity contribution in [3.63, 3.8) is 0 Å². The van der Waals surface area contributed by atoms with E-state index in [4.69, 9.17) is 0 Å². The van der Waals surface area contributed by atoms with Crippen molar-refractivity contribution in [3.05, 3.63) is 70.8 Å². The molecule has 4 nitrogen and oxygen atoms in total. The molecular formula is C21H13F3O4. The molecular weight excluding hydrogens is 373 g/mol. The predicted molar refractivity (Wildman–Crippen MR) is 97.0 cm³/mol. The Morgan fingerprint density at radius 2 is 1.07 bits per heavy atom. The van der Waals surface area contributed by atoms with Gasteiger partial charge in [0.1, 0.15) is 0 Å². The fraction of sp³-hybridized carbons (Fsp3) is 0.0476. The maximum Gasteiger partial charge on any atom is 0.416 e. The Morgan fingerprint density at radius 1 is 0.643 bits per heavy atom. The Morgan fingerprint density at radius 3 is 1.54 bits per heavy atom. The van der Waals surface area contributed by atoms with Gasteiger partial charge in [-0.3, -0.25) is 0 Å². The van der Waals surface area contributed by atoms with Crippen molar-refractivity contribution in [2.24, 2.45) is 0 Å². The first kappa shape index (κ1) is 17.8. The van der Waals surface area contributed by atoms with Crippen LogP contribution in [0.15, 0.2) is 48.5 Å². The number of aromatic hydroxyl groups is 4. The number of rotatable bonds is 1. The van der Waals surface area contributed by atoms with E-state index in [9.17, 15) is 33.6 Å². The molecule has 0 aliphatic heterocycles. The number of benzene rings is 3. The highest BCUT2D eigenvalue weighted by Gasteiger charge is 2.33. The third-order valence-corrected chi connectivity index (χ3v) is 4.67. The number of fused-ring (bicyclic) bond motifs is 3. The highest BCUT2D eigenvalue weighted by Crippen LogP contribution is 2.51. The summed E-state index contributed by atoms with van der Waals surface area (Å²) >= 11 is 0. The third-order valence-electron chi connectivity index (χ3n) is 4.67. The summed E-state index contributed by atoms with van der Waals surface area (Å²) in [5, 5.41) is 39.4. The van der Waals surface area contributed by atoms with Gasteiger partial charge in [-0.25, -0.2) is 0 Å². The zero-order valence-electron chi connectivity index (χ0n) is 14.1. The van der Waals surface area contributed by atoms with Gasteiger partial charge in [0.2, 0.25) is 0 Å². The van der Waals surface area contributed by atoms with E-state index in [1.165, 1.54) is 48.5 Å². The number of phenolic OH excluding ortho intramolecular Hbond substituents is 4. The molecule has 0 heterocycles. The van der Waals surface area contributed by atoms with Crippen LogP contribution in [0, 0.1) is 0 Å². The van der Waals surface area contributed by atoms with Crippen molar-refractivity contribution in [2.45, 2.75) is 6.18 Å². The maximum atomic E-state index is 13.4. The van der Waals surface area contributed by atoms with Gasteiger partial charge < -0.3 is 20.4 Å². The summed E-state index contributed by atoms with van der Waals surface area (Å²) in [6.45, 7) is 0. The molecule has 3 aromatic rings. The second-order valence-electron chi connectivity index (χ2n) is 6.42. The normalized spacial score (nSPS) is 12.6. The highest BCUT2D eigenvalue weighted by atomic mass is 19.4. The van der Waals surface area contributed by atoms with Gasteiger partial charge in [0.25, 0.3) is 0 Å². The lowest BCUT2D eigenvalue weighted by Crippen LogP contribution is -2.07. The van der Waals surface area contributed by atoms with Crippen molar-refractivity contribution in [1.82, 2.24) is 0 Å². The van der Waals surface area contributed by atoms with Gasteiger partial charge in [-0.15, -0.1) is 0 Å². The van der Waals surface area contributed by atoms with Crippen LogP contribution in [0.5, 0.6) is 23.0 Å². The zero-order valence-corrected chi connectivity index (χ0v) is 14.1. The quantitative estimate of drug-likeness (QED) is 0.343. The van der Waals surface area contributed by atoms with Crippen LogP contribution in [0.25, 0.3) is 22.8 Å². The maximum absolute atomic E-state index is 13.4. The van der Waals surface area contributed by atoms with Crippen LogP contribution >= 0.6 is 0 Å². The molecule has 0 unspecified atom stereocenters. The molecule has 7 heteroatoms. The average molecular weight is 386 g/mol. The average Bonchev–Trinajstić information content (AvgIpc) is 2.88. The molecule has 0 amide bonds. The molecule has 0 radical (unpaired) electrons. The van der Waals surface area contributed by atoms with Crippen LogP contribution in [0.2, 0.25) is 0 Å². The van der Waals surface area contributed by atoms with Gasteiger partial charge in [0.15, 0.2) is 23.0 Å². The van der Waals surface area contributed by atoms with Crippen molar-refractivity contribution >= 4 is 11.6 Å². The number of hydrogen-bond acceptors (Lipinski definition) is 4. The Balaban J connectivity index is 2.03. The minimum atomic E-state index is -4.56. The Kier molecular flexibility index (Phi) is 3.78. The Hall–Kier alpha value is -3.61. The predicted octanol–water partition coefficient (Wildman–Crippen LogP) is 5.10. The van der Waals surface area contributed by atoms with Crippen LogP contribution in [0.3, 0.4) is 0 Å². The summed E-state index contributed by atoms with van der Waals surface area (Å²) in [4.78, 5) is 0. The molecule has 0 spiro atoms. The van der Waals surface area contributed by atoms with E-state index in [0.717, 1.165) is 6.07 Å². The van der Waals surface area contributed by atoms with Gasteiger partial charge in [-0.1, -0.05) is 18.2 Å². The van der Waals surface area contributed by atoms with Crippen molar-refractivity contribution < 1.29 is 33.6 Å². The first-order valence-electron chi connectivity index (χ1n) is 8.18. The summed E-state index contributed by atoms with van der Waals surface area (Å²) in [5.74, 6) is -1.69. The van der Waals surface area contributed by atoms with E-state index in [0.29, 0.717) is 27.8 Å². The SMILES string of the molecule is Oc1cc2c(cc1O)-c1cc(O)c(O)cc1C2=Cc1ccccc1C(F)(F)F. The highest BCUT2D eigenvalue weighted by molar-refractivity contribution is 6.08. The molecule has 0 bridgehead atoms. The van der Waals surface area contributed by atoms with E-state index < -0.39 is 34.7 Å². The van der Waals surface area contributed by atoms with Crippen molar-refractivity contribution in [1.29, 1.82) is 0 Å². The summed E-state index contributed by atoms with van der Waals surface area (Å²) in [7, 11) is 0. The monoisotopic (exact) mass is 386 g/mol. The molecule has 0 fully saturated rings. The van der Waals surface area contributed by atoms with Crippen molar-refractivity contribution in [3.8, 4) is 34.1 Å². The van der Waals surface area contributed by atoms with E-state index in [-0.39, 0.29) is 5.56 Å². The molecule has 3 aromatic carbocycles. The summed E-state index contributed by atoms with van der Waals surface area (Å²) in [6, 6.07) is 10.0. The molecule has 1 aliphatic rings. The molecule has 4 N–H and O–H groups in total.